The van der Waals surface area contributed by atoms with Gasteiger partial charge in [0.25, 0.3) is 0 Å². The molecule has 0 spiro atoms. The maximum atomic E-state index is 13.9. The van der Waals surface area contributed by atoms with Gasteiger partial charge in [-0.2, -0.15) is 0 Å². The molecule has 1 aliphatic rings. The van der Waals surface area contributed by atoms with Crippen molar-refractivity contribution in [1.29, 1.82) is 0 Å². The minimum absolute atomic E-state index is 0.0343. The lowest BCUT2D eigenvalue weighted by atomic mass is 10.2. The Labute approximate surface area is 151 Å². The van der Waals surface area contributed by atoms with Crippen LogP contribution in [0.5, 0.6) is 5.75 Å². The molecular weight excluding hydrogens is 340 g/mol. The Morgan fingerprint density at radius 1 is 1.08 bits per heavy atom. The number of hydrogen-bond donors (Lipinski definition) is 1. The summed E-state index contributed by atoms with van der Waals surface area (Å²) in [6, 6.07) is 9.08. The normalized spacial score (nSPS) is 14.3. The number of para-hydroxylation sites is 1. The smallest absolute Gasteiger partial charge is 0.322 e. The highest BCUT2D eigenvalue weighted by Crippen LogP contribution is 2.27. The largest absolute Gasteiger partial charge is 0.495 e. The Morgan fingerprint density at radius 3 is 2.35 bits per heavy atom. The number of carbonyl (C=O) groups is 1. The minimum Gasteiger partial charge on any atom is -0.495 e. The Balaban J connectivity index is 1.65. The third-order valence-electron chi connectivity index (χ3n) is 4.42. The predicted octanol–water partition coefficient (Wildman–Crippen LogP) is 3.64. The number of halogens is 2. The number of benzene rings is 2. The molecule has 2 amide bonds. The quantitative estimate of drug-likeness (QED) is 0.908. The molecule has 0 radical (unpaired) electrons. The van der Waals surface area contributed by atoms with E-state index >= 15 is 0 Å². The Kier molecular flexibility index (Phi) is 5.25. The van der Waals surface area contributed by atoms with Crippen molar-refractivity contribution >= 4 is 17.4 Å². The molecule has 0 aromatic heterocycles. The third kappa shape index (κ3) is 3.71. The summed E-state index contributed by atoms with van der Waals surface area (Å²) >= 11 is 0. The van der Waals surface area contributed by atoms with Gasteiger partial charge in [0.15, 0.2) is 0 Å². The van der Waals surface area contributed by atoms with E-state index in [0.29, 0.717) is 37.6 Å². The Hall–Kier alpha value is -2.83. The number of piperazine rings is 1. The summed E-state index contributed by atoms with van der Waals surface area (Å²) < 4.78 is 33.1. The van der Waals surface area contributed by atoms with E-state index in [1.165, 1.54) is 18.2 Å². The number of anilines is 2. The molecule has 0 saturated carbocycles. The summed E-state index contributed by atoms with van der Waals surface area (Å²) in [6.45, 7) is 3.38. The van der Waals surface area contributed by atoms with Gasteiger partial charge in [0.1, 0.15) is 23.1 Å². The van der Waals surface area contributed by atoms with Crippen molar-refractivity contribution in [3.05, 3.63) is 53.6 Å². The molecule has 26 heavy (non-hydrogen) atoms. The highest BCUT2D eigenvalue weighted by molar-refractivity contribution is 5.91. The van der Waals surface area contributed by atoms with Gasteiger partial charge in [0.05, 0.1) is 12.8 Å². The van der Waals surface area contributed by atoms with Crippen LogP contribution in [0.25, 0.3) is 0 Å². The lowest BCUT2D eigenvalue weighted by Crippen LogP contribution is -2.50. The van der Waals surface area contributed by atoms with Gasteiger partial charge in [0.2, 0.25) is 0 Å². The van der Waals surface area contributed by atoms with Crippen LogP contribution >= 0.6 is 0 Å². The topological polar surface area (TPSA) is 44.8 Å². The van der Waals surface area contributed by atoms with Crippen LogP contribution in [-0.2, 0) is 0 Å². The summed E-state index contributed by atoms with van der Waals surface area (Å²) in [4.78, 5) is 15.8. The molecule has 0 atom stereocenters. The zero-order chi connectivity index (χ0) is 18.7. The zero-order valence-corrected chi connectivity index (χ0v) is 14.8. The van der Waals surface area contributed by atoms with Crippen molar-refractivity contribution < 1.29 is 18.3 Å². The van der Waals surface area contributed by atoms with Crippen LogP contribution < -0.4 is 15.0 Å². The van der Waals surface area contributed by atoms with Gasteiger partial charge in [-0.05, 0) is 36.8 Å². The molecule has 2 aromatic rings. The minimum atomic E-state index is -0.590. The molecule has 1 aliphatic heterocycles. The maximum Gasteiger partial charge on any atom is 0.322 e. The molecule has 1 heterocycles. The van der Waals surface area contributed by atoms with Crippen LogP contribution in [0.3, 0.4) is 0 Å². The molecule has 1 fully saturated rings. The number of hydrogen-bond acceptors (Lipinski definition) is 3. The molecular formula is C19H21F2N3O2. The lowest BCUT2D eigenvalue weighted by Gasteiger charge is -2.36. The first-order chi connectivity index (χ1) is 12.5. The maximum absolute atomic E-state index is 13.9. The number of urea groups is 1. The molecule has 138 valence electrons. The van der Waals surface area contributed by atoms with Crippen molar-refractivity contribution in [2.45, 2.75) is 6.92 Å². The predicted molar refractivity (Wildman–Crippen MR) is 96.9 cm³/mol. The fourth-order valence-electron chi connectivity index (χ4n) is 3.04. The van der Waals surface area contributed by atoms with Crippen LogP contribution in [0.1, 0.15) is 5.56 Å². The van der Waals surface area contributed by atoms with E-state index in [9.17, 15) is 13.6 Å². The van der Waals surface area contributed by atoms with E-state index in [-0.39, 0.29) is 11.7 Å². The number of nitrogens with one attached hydrogen (secondary N) is 1. The Bertz CT molecular complexity index is 785. The average molecular weight is 361 g/mol. The molecule has 0 unspecified atom stereocenters. The van der Waals surface area contributed by atoms with Gasteiger partial charge in [-0.15, -0.1) is 0 Å². The molecule has 3 rings (SSSR count). The van der Waals surface area contributed by atoms with Gasteiger partial charge in [-0.1, -0.05) is 12.1 Å². The number of ether oxygens (including phenoxy) is 1. The number of carbonyl (C=O) groups excluding carboxylic acids is 1. The van der Waals surface area contributed by atoms with Crippen LogP contribution in [0.4, 0.5) is 25.0 Å². The number of rotatable bonds is 3. The van der Waals surface area contributed by atoms with Gasteiger partial charge in [-0.25, -0.2) is 13.6 Å². The van der Waals surface area contributed by atoms with E-state index in [2.05, 4.69) is 5.32 Å². The second-order valence-electron chi connectivity index (χ2n) is 6.18. The van der Waals surface area contributed by atoms with E-state index in [1.54, 1.807) is 23.0 Å². The molecule has 2 aromatic carbocycles. The zero-order valence-electron chi connectivity index (χ0n) is 14.8. The van der Waals surface area contributed by atoms with Gasteiger partial charge >= 0.3 is 6.03 Å². The van der Waals surface area contributed by atoms with Gasteiger partial charge < -0.3 is 19.9 Å². The first-order valence-corrected chi connectivity index (χ1v) is 8.39. The van der Waals surface area contributed by atoms with Gasteiger partial charge in [0, 0.05) is 26.2 Å². The second kappa shape index (κ2) is 7.59. The average Bonchev–Trinajstić information content (AvgIpc) is 2.62. The molecule has 0 aliphatic carbocycles. The standard InChI is InChI=1S/C19H21F2N3O2/c1-13-6-7-17(26-2)16(12-13)22-19(25)24-10-8-23(9-11-24)18-14(20)4-3-5-15(18)21/h3-7,12H,8-11H2,1-2H3,(H,22,25). The number of aryl methyl sites for hydroxylation is 1. The van der Waals surface area contributed by atoms with Crippen molar-refractivity contribution in [3.8, 4) is 5.75 Å². The van der Waals surface area contributed by atoms with Crippen molar-refractivity contribution in [2.75, 3.05) is 43.5 Å². The molecule has 1 N–H and O–H groups in total. The van der Waals surface area contributed by atoms with Gasteiger partial charge in [-0.3, -0.25) is 0 Å². The number of nitrogens with zero attached hydrogens (tertiary/aromatic N) is 2. The summed E-state index contributed by atoms with van der Waals surface area (Å²) in [5.74, 6) is -0.601. The second-order valence-corrected chi connectivity index (χ2v) is 6.18. The monoisotopic (exact) mass is 361 g/mol. The van der Waals surface area contributed by atoms with Crippen LogP contribution in [0.2, 0.25) is 0 Å². The summed E-state index contributed by atoms with van der Waals surface area (Å²) in [5.41, 5.74) is 1.56. The third-order valence-corrected chi connectivity index (χ3v) is 4.42. The van der Waals surface area contributed by atoms with Crippen LogP contribution in [0, 0.1) is 18.6 Å². The van der Waals surface area contributed by atoms with Crippen molar-refractivity contribution in [1.82, 2.24) is 4.90 Å². The lowest BCUT2D eigenvalue weighted by molar-refractivity contribution is 0.208. The van der Waals surface area contributed by atoms with Crippen LogP contribution in [0.15, 0.2) is 36.4 Å². The van der Waals surface area contributed by atoms with Crippen molar-refractivity contribution in [2.24, 2.45) is 0 Å². The molecule has 1 saturated heterocycles. The van der Waals surface area contributed by atoms with E-state index in [0.717, 1.165) is 5.56 Å². The van der Waals surface area contributed by atoms with Crippen molar-refractivity contribution in [3.63, 3.8) is 0 Å². The first kappa shape index (κ1) is 18.0. The fourth-order valence-corrected chi connectivity index (χ4v) is 3.04. The summed E-state index contributed by atoms with van der Waals surface area (Å²) in [5, 5.41) is 2.84. The molecule has 0 bridgehead atoms. The fraction of sp³-hybridized carbons (Fsp3) is 0.316. The molecule has 5 nitrogen and oxygen atoms in total. The SMILES string of the molecule is COc1ccc(C)cc1NC(=O)N1CCN(c2c(F)cccc2F)CC1. The van der Waals surface area contributed by atoms with Crippen LogP contribution in [-0.4, -0.2) is 44.2 Å². The highest BCUT2D eigenvalue weighted by Gasteiger charge is 2.25. The first-order valence-electron chi connectivity index (χ1n) is 8.39. The van der Waals surface area contributed by atoms with E-state index < -0.39 is 11.6 Å². The highest BCUT2D eigenvalue weighted by atomic mass is 19.1. The Morgan fingerprint density at radius 2 is 1.73 bits per heavy atom. The molecule has 7 heteroatoms. The number of methoxy groups -OCH3 is 1. The summed E-state index contributed by atoms with van der Waals surface area (Å²) in [7, 11) is 1.54. The van der Waals surface area contributed by atoms with E-state index in [1.807, 2.05) is 19.1 Å². The number of amides is 2. The van der Waals surface area contributed by atoms with E-state index in [4.69, 9.17) is 4.74 Å². The summed E-state index contributed by atoms with van der Waals surface area (Å²) in [6.07, 6.45) is 0.